The maximum absolute atomic E-state index is 14.5. The van der Waals surface area contributed by atoms with Gasteiger partial charge in [0, 0.05) is 37.3 Å². The van der Waals surface area contributed by atoms with Gasteiger partial charge in [-0.05, 0) is 68.7 Å². The molecule has 2 heterocycles. The topological polar surface area (TPSA) is 400 Å². The van der Waals surface area contributed by atoms with Crippen molar-refractivity contribution in [3.8, 4) is 5.75 Å². The van der Waals surface area contributed by atoms with E-state index in [2.05, 4.69) is 37.2 Å². The fourth-order valence-corrected chi connectivity index (χ4v) is 9.53. The van der Waals surface area contributed by atoms with E-state index in [1.54, 1.807) is 26.0 Å². The van der Waals surface area contributed by atoms with E-state index in [-0.39, 0.29) is 55.9 Å². The van der Waals surface area contributed by atoms with Crippen LogP contribution < -0.4 is 60.2 Å². The number of likely N-dealkylation sites (tertiary alicyclic amines) is 1. The molecule has 0 bridgehead atoms. The zero-order valence-corrected chi connectivity index (χ0v) is 40.4. The van der Waals surface area contributed by atoms with Crippen LogP contribution in [0.15, 0.2) is 24.3 Å². The Morgan fingerprint density at radius 3 is 2.13 bits per heavy atom. The van der Waals surface area contributed by atoms with Gasteiger partial charge in [-0.25, -0.2) is 0 Å². The molecule has 0 aliphatic carbocycles. The van der Waals surface area contributed by atoms with Crippen LogP contribution in [0, 0.1) is 5.92 Å². The van der Waals surface area contributed by atoms with Crippen molar-refractivity contribution >= 4 is 86.6 Å². The Kier molecular flexibility index (Phi) is 24.0. The molecule has 1 unspecified atom stereocenters. The predicted molar refractivity (Wildman–Crippen MR) is 254 cm³/mol. The highest BCUT2D eigenvalue weighted by Gasteiger charge is 2.40. The van der Waals surface area contributed by atoms with Crippen molar-refractivity contribution in [2.24, 2.45) is 28.9 Å². The molecule has 0 aromatic heterocycles. The van der Waals surface area contributed by atoms with Crippen molar-refractivity contribution in [1.82, 2.24) is 42.1 Å². The summed E-state index contributed by atoms with van der Waals surface area (Å²) in [6.07, 6.45) is 0.265. The van der Waals surface area contributed by atoms with Crippen LogP contribution in [0.2, 0.25) is 0 Å². The molecule has 2 saturated heterocycles. The third-order valence-corrected chi connectivity index (χ3v) is 13.8. The van der Waals surface area contributed by atoms with Gasteiger partial charge < -0.3 is 70.2 Å². The minimum atomic E-state index is -1.73. The number of phenolic OH excluding ortho intramolecular Hbond substituents is 1. The number of nitrogens with two attached hydrogens (primary N) is 4. The number of nitrogens with one attached hydrogen (secondary N) is 7. The normalized spacial score (nSPS) is 23.1. The zero-order chi connectivity index (χ0) is 51.2. The molecule has 2 aliphatic heterocycles. The van der Waals surface area contributed by atoms with E-state index in [0.717, 1.165) is 21.6 Å². The minimum absolute atomic E-state index is 0.0277. The second-order valence-corrected chi connectivity index (χ2v) is 19.4. The first-order valence-corrected chi connectivity index (χ1v) is 25.2. The first-order chi connectivity index (χ1) is 32.7. The van der Waals surface area contributed by atoms with E-state index in [9.17, 15) is 57.8 Å². The van der Waals surface area contributed by atoms with Gasteiger partial charge in [0.15, 0.2) is 0 Å². The maximum Gasteiger partial charge on any atom is 0.246 e. The van der Waals surface area contributed by atoms with E-state index < -0.39 is 133 Å². The lowest BCUT2D eigenvalue weighted by molar-refractivity contribution is -0.142. The second-order valence-electron chi connectivity index (χ2n) is 16.8. The molecule has 0 radical (unpaired) electrons. The number of hydrogen-bond acceptors (Lipinski definition) is 15. The van der Waals surface area contributed by atoms with E-state index in [0.29, 0.717) is 37.8 Å². The molecule has 2 fully saturated rings. The number of hydrogen-bond donors (Lipinski definition) is 12. The van der Waals surface area contributed by atoms with Crippen molar-refractivity contribution in [2.45, 2.75) is 127 Å². The SMILES string of the molecule is CC[C@H](C)[C@@H]1NC(=O)[C@H](Cc2ccc(O)cc2)NC(=O)CCSSC[C@@H](C(=O)N2CCC[C@H]2C(=O)N[C@@H](CCCCN)C(=O)NCC(N)=O)NC(=O)[C@H](CC(N)=O)NC(=O)C(CCC(N)=O)NC1=O. The lowest BCUT2D eigenvalue weighted by Crippen LogP contribution is -2.61. The molecule has 2 aliphatic rings. The Hall–Kier alpha value is -6.15. The lowest BCUT2D eigenvalue weighted by Gasteiger charge is -2.31. The largest absolute Gasteiger partial charge is 0.508 e. The Balaban J connectivity index is 2.01. The summed E-state index contributed by atoms with van der Waals surface area (Å²) in [5, 5.41) is 27.8. The van der Waals surface area contributed by atoms with Gasteiger partial charge in [-0.2, -0.15) is 0 Å². The summed E-state index contributed by atoms with van der Waals surface area (Å²) >= 11 is 0. The number of nitrogens with zero attached hydrogens (tertiary/aromatic N) is 1. The molecule has 382 valence electrons. The zero-order valence-electron chi connectivity index (χ0n) is 38.8. The average molecular weight is 1010 g/mol. The predicted octanol–water partition coefficient (Wildman–Crippen LogP) is -3.46. The second kappa shape index (κ2) is 29.0. The molecule has 8 atom stereocenters. The molecule has 3 rings (SSSR count). The molecule has 1 aromatic carbocycles. The number of rotatable bonds is 19. The highest BCUT2D eigenvalue weighted by Crippen LogP contribution is 2.26. The van der Waals surface area contributed by atoms with E-state index >= 15 is 0 Å². The molecule has 26 heteroatoms. The van der Waals surface area contributed by atoms with Crippen LogP contribution in [0.4, 0.5) is 0 Å². The Morgan fingerprint density at radius 1 is 0.826 bits per heavy atom. The van der Waals surface area contributed by atoms with Crippen LogP contribution >= 0.6 is 21.6 Å². The van der Waals surface area contributed by atoms with E-state index in [1.807, 2.05) is 0 Å². The minimum Gasteiger partial charge on any atom is -0.508 e. The molecule has 1 aromatic rings. The summed E-state index contributed by atoms with van der Waals surface area (Å²) < 4.78 is 0. The fourth-order valence-electron chi connectivity index (χ4n) is 7.39. The summed E-state index contributed by atoms with van der Waals surface area (Å²) in [6, 6.07) is -3.52. The number of unbranched alkanes of at least 4 members (excludes halogenated alkanes) is 1. The maximum atomic E-state index is 14.5. The van der Waals surface area contributed by atoms with Crippen molar-refractivity contribution < 1.29 is 57.8 Å². The highest BCUT2D eigenvalue weighted by molar-refractivity contribution is 8.76. The number of carbonyl (C=O) groups is 11. The number of phenols is 1. The molecule has 0 saturated carbocycles. The summed E-state index contributed by atoms with van der Waals surface area (Å²) in [4.78, 5) is 148. The number of carbonyl (C=O) groups excluding carboxylic acids is 11. The first-order valence-electron chi connectivity index (χ1n) is 22.7. The van der Waals surface area contributed by atoms with Crippen LogP contribution in [0.1, 0.15) is 83.6 Å². The lowest BCUT2D eigenvalue weighted by atomic mass is 9.96. The van der Waals surface area contributed by atoms with Crippen molar-refractivity contribution in [3.05, 3.63) is 29.8 Å². The van der Waals surface area contributed by atoms with Gasteiger partial charge in [0.25, 0.3) is 0 Å². The number of aromatic hydroxyl groups is 1. The Morgan fingerprint density at radius 2 is 1.49 bits per heavy atom. The van der Waals surface area contributed by atoms with Crippen LogP contribution in [0.25, 0.3) is 0 Å². The van der Waals surface area contributed by atoms with Gasteiger partial charge in [0.1, 0.15) is 48.0 Å². The third kappa shape index (κ3) is 19.4. The standard InChI is InChI=1S/C43H66N12O12S2/c1-3-23(2)36-42(66)51-27(13-14-32(45)57)38(62)52-29(20-33(46)58)39(63)53-30(22-69-68-18-15-35(60)49-28(40(64)54-36)19-24-9-11-25(56)12-10-24)43(67)55-17-6-8-31(55)41(65)50-26(7-4-5-16-44)37(61)48-21-34(47)59/h9-12,23,26-31,36,56H,3-8,13-22,44H2,1-2H3,(H2,45,57)(H2,46,58)(H2,47,59)(H,48,61)(H,49,60)(H,50,65)(H,51,66)(H,52,62)(H,53,63)(H,54,64)/t23-,26-,27?,28-,29-,30-,31-,36-/m0/s1. The van der Waals surface area contributed by atoms with E-state index in [4.69, 9.17) is 22.9 Å². The average Bonchev–Trinajstić information content (AvgIpc) is 3.80. The van der Waals surface area contributed by atoms with Gasteiger partial charge in [0.05, 0.1) is 13.0 Å². The van der Waals surface area contributed by atoms with Gasteiger partial charge >= 0.3 is 0 Å². The van der Waals surface area contributed by atoms with Gasteiger partial charge in [-0.15, -0.1) is 0 Å². The van der Waals surface area contributed by atoms with Crippen LogP contribution in [-0.2, 0) is 59.2 Å². The number of benzene rings is 1. The molecule has 11 amide bonds. The van der Waals surface area contributed by atoms with E-state index in [1.165, 1.54) is 17.0 Å². The fraction of sp³-hybridized carbons (Fsp3) is 0.605. The Bertz CT molecular complexity index is 2010. The smallest absolute Gasteiger partial charge is 0.246 e. The molecule has 16 N–H and O–H groups in total. The Labute approximate surface area is 407 Å². The number of primary amides is 3. The molecular formula is C43H66N12O12S2. The molecule has 0 spiro atoms. The van der Waals surface area contributed by atoms with Crippen molar-refractivity contribution in [3.63, 3.8) is 0 Å². The molecule has 24 nitrogen and oxygen atoms in total. The summed E-state index contributed by atoms with van der Waals surface area (Å²) in [5.41, 5.74) is 22.3. The molecule has 69 heavy (non-hydrogen) atoms. The van der Waals surface area contributed by atoms with Gasteiger partial charge in [-0.3, -0.25) is 52.7 Å². The van der Waals surface area contributed by atoms with Gasteiger partial charge in [0.2, 0.25) is 65.0 Å². The van der Waals surface area contributed by atoms with Gasteiger partial charge in [-0.1, -0.05) is 54.0 Å². The summed E-state index contributed by atoms with van der Waals surface area (Å²) in [5.74, 6) is -9.62. The number of amides is 11. The molecular weight excluding hydrogens is 941 g/mol. The quantitative estimate of drug-likeness (QED) is 0.0474. The first kappa shape index (κ1) is 57.2. The monoisotopic (exact) mass is 1010 g/mol. The van der Waals surface area contributed by atoms with Crippen LogP contribution in [0.3, 0.4) is 0 Å². The van der Waals surface area contributed by atoms with Crippen molar-refractivity contribution in [1.29, 1.82) is 0 Å². The summed E-state index contributed by atoms with van der Waals surface area (Å²) in [7, 11) is 2.23. The van der Waals surface area contributed by atoms with Crippen LogP contribution in [-0.4, -0.2) is 148 Å². The third-order valence-electron chi connectivity index (χ3n) is 11.4. The van der Waals surface area contributed by atoms with Crippen molar-refractivity contribution in [2.75, 3.05) is 31.1 Å². The van der Waals surface area contributed by atoms with Crippen LogP contribution in [0.5, 0.6) is 5.75 Å². The summed E-state index contributed by atoms with van der Waals surface area (Å²) in [6.45, 7) is 3.33. The highest BCUT2D eigenvalue weighted by atomic mass is 33.1.